The van der Waals surface area contributed by atoms with Crippen molar-refractivity contribution in [3.63, 3.8) is 0 Å². The molecule has 1 aromatic rings. The molecule has 0 heterocycles. The average Bonchev–Trinajstić information content (AvgIpc) is 2.35. The number of benzene rings is 1. The van der Waals surface area contributed by atoms with E-state index >= 15 is 0 Å². The lowest BCUT2D eigenvalue weighted by molar-refractivity contribution is 0.0794. The molecule has 94 valence electrons. The van der Waals surface area contributed by atoms with Crippen molar-refractivity contribution >= 4 is 11.6 Å². The van der Waals surface area contributed by atoms with Gasteiger partial charge in [-0.05, 0) is 31.2 Å². The Hall–Kier alpha value is -1.55. The highest BCUT2D eigenvalue weighted by Gasteiger charge is 2.11. The van der Waals surface area contributed by atoms with E-state index in [4.69, 9.17) is 5.73 Å². The summed E-state index contributed by atoms with van der Waals surface area (Å²) in [5, 5.41) is 0. The van der Waals surface area contributed by atoms with Crippen LogP contribution >= 0.6 is 0 Å². The summed E-state index contributed by atoms with van der Waals surface area (Å²) in [7, 11) is 5.73. The van der Waals surface area contributed by atoms with Crippen LogP contribution in [0.15, 0.2) is 24.3 Å². The van der Waals surface area contributed by atoms with Crippen LogP contribution in [0.4, 0.5) is 5.69 Å². The van der Waals surface area contributed by atoms with Crippen LogP contribution in [0.1, 0.15) is 16.8 Å². The van der Waals surface area contributed by atoms with Crippen molar-refractivity contribution in [2.45, 2.75) is 6.42 Å². The molecule has 17 heavy (non-hydrogen) atoms. The molecule has 0 bridgehead atoms. The molecule has 4 nitrogen and oxygen atoms in total. The van der Waals surface area contributed by atoms with Crippen LogP contribution in [0.5, 0.6) is 0 Å². The molecule has 0 aliphatic carbocycles. The Kier molecular flexibility index (Phi) is 4.97. The van der Waals surface area contributed by atoms with Gasteiger partial charge < -0.3 is 15.5 Å². The number of carbonyl (C=O) groups is 1. The number of nitrogens with two attached hydrogens (primary N) is 1. The zero-order valence-electron chi connectivity index (χ0n) is 10.8. The number of nitrogens with zero attached hydrogens (tertiary/aromatic N) is 2. The Balaban J connectivity index is 2.78. The van der Waals surface area contributed by atoms with Crippen molar-refractivity contribution in [1.29, 1.82) is 0 Å². The number of hydrogen-bond acceptors (Lipinski definition) is 3. The van der Waals surface area contributed by atoms with E-state index in [0.717, 1.165) is 17.7 Å². The van der Waals surface area contributed by atoms with Crippen molar-refractivity contribution < 1.29 is 4.79 Å². The molecule has 1 aromatic carbocycles. The minimum Gasteiger partial charge on any atom is -0.378 e. The van der Waals surface area contributed by atoms with Crippen molar-refractivity contribution in [2.24, 2.45) is 5.73 Å². The van der Waals surface area contributed by atoms with Gasteiger partial charge in [-0.3, -0.25) is 4.79 Å². The fourth-order valence-corrected chi connectivity index (χ4v) is 1.57. The molecule has 2 N–H and O–H groups in total. The van der Waals surface area contributed by atoms with E-state index in [0.29, 0.717) is 13.1 Å². The van der Waals surface area contributed by atoms with Gasteiger partial charge in [0.05, 0.1) is 0 Å². The van der Waals surface area contributed by atoms with E-state index in [1.165, 1.54) is 0 Å². The van der Waals surface area contributed by atoms with Crippen LogP contribution in [-0.4, -0.2) is 45.0 Å². The Labute approximate surface area is 103 Å². The molecule has 0 spiro atoms. The Morgan fingerprint density at radius 3 is 2.59 bits per heavy atom. The van der Waals surface area contributed by atoms with Gasteiger partial charge in [0, 0.05) is 38.9 Å². The van der Waals surface area contributed by atoms with Gasteiger partial charge in [0.1, 0.15) is 0 Å². The lowest BCUT2D eigenvalue weighted by atomic mass is 10.1. The van der Waals surface area contributed by atoms with Crippen LogP contribution in [-0.2, 0) is 0 Å². The summed E-state index contributed by atoms with van der Waals surface area (Å²) >= 11 is 0. The highest BCUT2D eigenvalue weighted by molar-refractivity contribution is 5.95. The van der Waals surface area contributed by atoms with Gasteiger partial charge in [0.25, 0.3) is 5.91 Å². The van der Waals surface area contributed by atoms with Gasteiger partial charge in [-0.25, -0.2) is 0 Å². The fourth-order valence-electron chi connectivity index (χ4n) is 1.57. The first-order valence-electron chi connectivity index (χ1n) is 5.79. The Bertz CT molecular complexity index is 377. The van der Waals surface area contributed by atoms with Gasteiger partial charge in [-0.1, -0.05) is 6.07 Å². The second kappa shape index (κ2) is 6.25. The standard InChI is InChI=1S/C13H21N3O/c1-15(2)12-7-4-6-11(10-12)13(17)16(3)9-5-8-14/h4,6-7,10H,5,8-9,14H2,1-3H3. The van der Waals surface area contributed by atoms with Crippen molar-refractivity contribution in [3.05, 3.63) is 29.8 Å². The van der Waals surface area contributed by atoms with E-state index in [-0.39, 0.29) is 5.91 Å². The molecule has 0 aromatic heterocycles. The summed E-state index contributed by atoms with van der Waals surface area (Å²) in [6.07, 6.45) is 0.829. The maximum atomic E-state index is 12.1. The Morgan fingerprint density at radius 2 is 2.00 bits per heavy atom. The summed E-state index contributed by atoms with van der Waals surface area (Å²) in [6.45, 7) is 1.30. The molecule has 0 saturated heterocycles. The summed E-state index contributed by atoms with van der Waals surface area (Å²) < 4.78 is 0. The maximum Gasteiger partial charge on any atom is 0.253 e. The zero-order valence-corrected chi connectivity index (χ0v) is 10.8. The summed E-state index contributed by atoms with van der Waals surface area (Å²) in [5.74, 6) is 0.0437. The molecule has 0 aliphatic heterocycles. The van der Waals surface area contributed by atoms with Crippen LogP contribution in [0.2, 0.25) is 0 Å². The quantitative estimate of drug-likeness (QED) is 0.833. The number of anilines is 1. The molecule has 0 atom stereocenters. The molecule has 1 rings (SSSR count). The van der Waals surface area contributed by atoms with Crippen molar-refractivity contribution in [1.82, 2.24) is 4.90 Å². The molecule has 0 aliphatic rings. The topological polar surface area (TPSA) is 49.6 Å². The molecule has 0 saturated carbocycles. The molecule has 4 heteroatoms. The second-order valence-corrected chi connectivity index (χ2v) is 4.31. The van der Waals surface area contributed by atoms with Crippen LogP contribution in [0.25, 0.3) is 0 Å². The first-order chi connectivity index (χ1) is 8.06. The van der Waals surface area contributed by atoms with E-state index in [1.807, 2.05) is 43.3 Å². The molecule has 0 unspecified atom stereocenters. The summed E-state index contributed by atoms with van der Waals surface area (Å²) in [5.41, 5.74) is 7.18. The number of rotatable bonds is 5. The minimum atomic E-state index is 0.0437. The number of carbonyl (C=O) groups excluding carboxylic acids is 1. The molecular weight excluding hydrogens is 214 g/mol. The number of amides is 1. The maximum absolute atomic E-state index is 12.1. The lowest BCUT2D eigenvalue weighted by Crippen LogP contribution is -2.29. The second-order valence-electron chi connectivity index (χ2n) is 4.31. The third-order valence-electron chi connectivity index (χ3n) is 2.65. The van der Waals surface area contributed by atoms with E-state index in [9.17, 15) is 4.79 Å². The first-order valence-corrected chi connectivity index (χ1v) is 5.79. The van der Waals surface area contributed by atoms with Gasteiger partial charge in [0.2, 0.25) is 0 Å². The normalized spacial score (nSPS) is 10.1. The minimum absolute atomic E-state index is 0.0437. The first kappa shape index (κ1) is 13.5. The van der Waals surface area contributed by atoms with Crippen LogP contribution < -0.4 is 10.6 Å². The zero-order chi connectivity index (χ0) is 12.8. The molecule has 0 radical (unpaired) electrons. The monoisotopic (exact) mass is 235 g/mol. The highest BCUT2D eigenvalue weighted by Crippen LogP contribution is 2.14. The van der Waals surface area contributed by atoms with E-state index < -0.39 is 0 Å². The molecule has 0 fully saturated rings. The van der Waals surface area contributed by atoms with Gasteiger partial charge in [-0.15, -0.1) is 0 Å². The van der Waals surface area contributed by atoms with Crippen molar-refractivity contribution in [2.75, 3.05) is 39.1 Å². The summed E-state index contributed by atoms with van der Waals surface area (Å²) in [6, 6.07) is 7.63. The predicted molar refractivity (Wildman–Crippen MR) is 71.4 cm³/mol. The fraction of sp³-hybridized carbons (Fsp3) is 0.462. The number of hydrogen-bond donors (Lipinski definition) is 1. The Morgan fingerprint density at radius 1 is 1.29 bits per heavy atom. The highest BCUT2D eigenvalue weighted by atomic mass is 16.2. The van der Waals surface area contributed by atoms with E-state index in [2.05, 4.69) is 0 Å². The van der Waals surface area contributed by atoms with Crippen molar-refractivity contribution in [3.8, 4) is 0 Å². The molecular formula is C13H21N3O. The van der Waals surface area contributed by atoms with Gasteiger partial charge in [0.15, 0.2) is 0 Å². The predicted octanol–water partition coefficient (Wildman–Crippen LogP) is 1.17. The van der Waals surface area contributed by atoms with Crippen LogP contribution in [0.3, 0.4) is 0 Å². The lowest BCUT2D eigenvalue weighted by Gasteiger charge is -2.18. The molecule has 1 amide bonds. The largest absolute Gasteiger partial charge is 0.378 e. The van der Waals surface area contributed by atoms with Crippen LogP contribution in [0, 0.1) is 0 Å². The summed E-state index contributed by atoms with van der Waals surface area (Å²) in [4.78, 5) is 15.8. The SMILES string of the molecule is CN(CCCN)C(=O)c1cccc(N(C)C)c1. The van der Waals surface area contributed by atoms with E-state index in [1.54, 1.807) is 11.9 Å². The van der Waals surface area contributed by atoms with Gasteiger partial charge in [-0.2, -0.15) is 0 Å². The average molecular weight is 235 g/mol. The third kappa shape index (κ3) is 3.75. The third-order valence-corrected chi connectivity index (χ3v) is 2.65. The smallest absolute Gasteiger partial charge is 0.253 e. The van der Waals surface area contributed by atoms with Gasteiger partial charge >= 0.3 is 0 Å².